The van der Waals surface area contributed by atoms with E-state index in [4.69, 9.17) is 10.5 Å². The molecule has 3 amide bonds. The Labute approximate surface area is 112 Å². The molecule has 1 rings (SSSR count). The second kappa shape index (κ2) is 7.84. The number of urea groups is 1. The molecule has 18 heavy (non-hydrogen) atoms. The first-order chi connectivity index (χ1) is 8.61. The molecule has 1 aromatic heterocycles. The Kier molecular flexibility index (Phi) is 6.39. The largest absolute Gasteiger partial charge is 0.383 e. The molecule has 1 aromatic rings. The van der Waals surface area contributed by atoms with Crippen LogP contribution >= 0.6 is 23.1 Å². The smallest absolute Gasteiger partial charge is 0.321 e. The van der Waals surface area contributed by atoms with Crippen LogP contribution in [0.4, 0.5) is 9.93 Å². The van der Waals surface area contributed by atoms with Crippen LogP contribution in [-0.2, 0) is 9.53 Å². The van der Waals surface area contributed by atoms with Crippen LogP contribution in [0.2, 0.25) is 0 Å². The van der Waals surface area contributed by atoms with Gasteiger partial charge in [0.1, 0.15) is 0 Å². The van der Waals surface area contributed by atoms with Gasteiger partial charge in [-0.25, -0.2) is 4.79 Å². The second-order valence-corrected chi connectivity index (χ2v) is 5.20. The Morgan fingerprint density at radius 2 is 2.28 bits per heavy atom. The van der Waals surface area contributed by atoms with Crippen LogP contribution in [0, 0.1) is 0 Å². The zero-order chi connectivity index (χ0) is 13.4. The molecule has 10 heteroatoms. The van der Waals surface area contributed by atoms with Gasteiger partial charge in [-0.15, -0.1) is 10.2 Å². The number of rotatable bonds is 7. The first kappa shape index (κ1) is 14.7. The van der Waals surface area contributed by atoms with Gasteiger partial charge < -0.3 is 15.8 Å². The minimum absolute atomic E-state index is 0.134. The predicted octanol–water partition coefficient (Wildman–Crippen LogP) is -0.117. The molecule has 0 aromatic carbocycles. The molecule has 8 nitrogen and oxygen atoms in total. The number of thioether (sulfide) groups is 1. The van der Waals surface area contributed by atoms with E-state index in [1.807, 2.05) is 0 Å². The topological polar surface area (TPSA) is 119 Å². The molecule has 0 unspecified atom stereocenters. The van der Waals surface area contributed by atoms with Crippen molar-refractivity contribution in [3.05, 3.63) is 0 Å². The highest BCUT2D eigenvalue weighted by Crippen LogP contribution is 2.24. The lowest BCUT2D eigenvalue weighted by molar-refractivity contribution is -0.115. The molecule has 0 radical (unpaired) electrons. The van der Waals surface area contributed by atoms with Gasteiger partial charge in [0.25, 0.3) is 0 Å². The van der Waals surface area contributed by atoms with E-state index in [0.29, 0.717) is 22.6 Å². The highest BCUT2D eigenvalue weighted by molar-refractivity contribution is 8.01. The third kappa shape index (κ3) is 5.80. The minimum atomic E-state index is -0.429. The molecule has 0 atom stereocenters. The summed E-state index contributed by atoms with van der Waals surface area (Å²) in [6, 6.07) is -0.380. The number of nitrogens with two attached hydrogens (primary N) is 1. The number of nitrogens with zero attached hydrogens (tertiary/aromatic N) is 2. The second-order valence-electron chi connectivity index (χ2n) is 3.00. The average molecular weight is 291 g/mol. The fourth-order valence-electron chi connectivity index (χ4n) is 0.859. The van der Waals surface area contributed by atoms with Crippen molar-refractivity contribution in [1.82, 2.24) is 15.5 Å². The van der Waals surface area contributed by atoms with Crippen molar-refractivity contribution >= 4 is 40.2 Å². The van der Waals surface area contributed by atoms with Crippen LogP contribution in [0.1, 0.15) is 0 Å². The van der Waals surface area contributed by atoms with Gasteiger partial charge in [0.15, 0.2) is 4.34 Å². The maximum atomic E-state index is 11.3. The predicted molar refractivity (Wildman–Crippen MR) is 68.7 cm³/mol. The van der Waals surface area contributed by atoms with E-state index in [-0.39, 0.29) is 11.8 Å². The number of anilines is 1. The van der Waals surface area contributed by atoms with Gasteiger partial charge in [0.2, 0.25) is 11.0 Å². The van der Waals surface area contributed by atoms with Crippen LogP contribution < -0.4 is 16.4 Å². The summed E-state index contributed by atoms with van der Waals surface area (Å²) in [5, 5.41) is 13.0. The van der Waals surface area contributed by atoms with Crippen LogP contribution in [0.25, 0.3) is 0 Å². The van der Waals surface area contributed by atoms with E-state index < -0.39 is 5.91 Å². The molecule has 0 aliphatic rings. The van der Waals surface area contributed by atoms with E-state index >= 15 is 0 Å². The molecular formula is C8H13N5O3S2. The number of nitrogens with one attached hydrogen (secondary N) is 2. The summed E-state index contributed by atoms with van der Waals surface area (Å²) in [7, 11) is 1.55. The third-order valence-corrected chi connectivity index (χ3v) is 3.55. The zero-order valence-electron chi connectivity index (χ0n) is 9.63. The Bertz CT molecular complexity index is 411. The molecule has 0 saturated heterocycles. The van der Waals surface area contributed by atoms with E-state index in [0.717, 1.165) is 0 Å². The Morgan fingerprint density at radius 1 is 1.50 bits per heavy atom. The van der Waals surface area contributed by atoms with Crippen molar-refractivity contribution in [3.8, 4) is 0 Å². The number of aromatic nitrogens is 2. The van der Waals surface area contributed by atoms with E-state index in [1.54, 1.807) is 7.11 Å². The van der Waals surface area contributed by atoms with E-state index in [2.05, 4.69) is 20.8 Å². The quantitative estimate of drug-likeness (QED) is 0.366. The van der Waals surface area contributed by atoms with Gasteiger partial charge in [-0.05, 0) is 0 Å². The summed E-state index contributed by atoms with van der Waals surface area (Å²) in [5.74, 6) is -0.295. The lowest BCUT2D eigenvalue weighted by atomic mass is 10.7. The molecule has 0 aliphatic heterocycles. The van der Waals surface area contributed by atoms with Crippen molar-refractivity contribution in [2.45, 2.75) is 4.34 Å². The fraction of sp³-hybridized carbons (Fsp3) is 0.500. The number of ether oxygens (including phenoxy) is 1. The number of amides is 3. The van der Waals surface area contributed by atoms with Crippen LogP contribution in [0.3, 0.4) is 0 Å². The molecule has 100 valence electrons. The number of hydrogen-bond acceptors (Lipinski definition) is 7. The molecular weight excluding hydrogens is 278 g/mol. The highest BCUT2D eigenvalue weighted by Gasteiger charge is 2.08. The van der Waals surface area contributed by atoms with Crippen molar-refractivity contribution < 1.29 is 14.3 Å². The molecule has 0 bridgehead atoms. The lowest BCUT2D eigenvalue weighted by Crippen LogP contribution is -2.31. The first-order valence-corrected chi connectivity index (χ1v) is 6.70. The summed E-state index contributed by atoms with van der Waals surface area (Å²) in [5.41, 5.74) is 5.00. The summed E-state index contributed by atoms with van der Waals surface area (Å²) < 4.78 is 5.36. The first-order valence-electron chi connectivity index (χ1n) is 4.90. The van der Waals surface area contributed by atoms with Gasteiger partial charge in [-0.1, -0.05) is 23.1 Å². The molecule has 0 fully saturated rings. The number of hydrogen-bond donors (Lipinski definition) is 3. The maximum absolute atomic E-state index is 11.3. The van der Waals surface area contributed by atoms with Gasteiger partial charge in [0, 0.05) is 13.7 Å². The Morgan fingerprint density at radius 3 is 2.94 bits per heavy atom. The van der Waals surface area contributed by atoms with Crippen molar-refractivity contribution in [1.29, 1.82) is 0 Å². The van der Waals surface area contributed by atoms with Crippen molar-refractivity contribution in [2.75, 3.05) is 31.3 Å². The van der Waals surface area contributed by atoms with Crippen LogP contribution in [0.15, 0.2) is 4.34 Å². The molecule has 0 aliphatic carbocycles. The summed E-state index contributed by atoms with van der Waals surface area (Å²) in [6.45, 7) is 0.841. The number of methoxy groups -OCH3 is 1. The summed E-state index contributed by atoms with van der Waals surface area (Å²) in [4.78, 5) is 21.9. The number of primary amides is 1. The lowest BCUT2D eigenvalue weighted by Gasteiger charge is -2.03. The Hall–Kier alpha value is -1.39. The summed E-state index contributed by atoms with van der Waals surface area (Å²) >= 11 is 2.35. The van der Waals surface area contributed by atoms with Gasteiger partial charge in [-0.3, -0.25) is 10.1 Å². The third-order valence-electron chi connectivity index (χ3n) is 1.56. The van der Waals surface area contributed by atoms with Gasteiger partial charge in [-0.2, -0.15) is 0 Å². The molecule has 0 saturated carbocycles. The Balaban J connectivity index is 2.34. The van der Waals surface area contributed by atoms with Crippen molar-refractivity contribution in [3.63, 3.8) is 0 Å². The van der Waals surface area contributed by atoms with Crippen molar-refractivity contribution in [2.24, 2.45) is 5.73 Å². The maximum Gasteiger partial charge on any atom is 0.321 e. The van der Waals surface area contributed by atoms with E-state index in [9.17, 15) is 9.59 Å². The van der Waals surface area contributed by atoms with Crippen LogP contribution in [0.5, 0.6) is 0 Å². The molecule has 1 heterocycles. The fourth-order valence-corrected chi connectivity index (χ4v) is 2.35. The monoisotopic (exact) mass is 291 g/mol. The van der Waals surface area contributed by atoms with Crippen LogP contribution in [-0.4, -0.2) is 48.1 Å². The molecule has 0 spiro atoms. The number of carbonyl (C=O) groups is 2. The highest BCUT2D eigenvalue weighted by atomic mass is 32.2. The van der Waals surface area contributed by atoms with Gasteiger partial charge >= 0.3 is 6.03 Å². The SMILES string of the molecule is COCCNC(=O)Nc1nnc(SCC(N)=O)s1. The molecule has 4 N–H and O–H groups in total. The van der Waals surface area contributed by atoms with E-state index in [1.165, 1.54) is 23.1 Å². The van der Waals surface area contributed by atoms with Gasteiger partial charge in [0.05, 0.1) is 12.4 Å². The zero-order valence-corrected chi connectivity index (χ0v) is 11.3. The number of carbonyl (C=O) groups excluding carboxylic acids is 2. The average Bonchev–Trinajstić information content (AvgIpc) is 2.74. The standard InChI is InChI=1S/C8H13N5O3S2/c1-16-3-2-10-6(15)11-7-12-13-8(18-7)17-4-5(9)14/h2-4H2,1H3,(H2,9,14)(H2,10,11,12,15). The minimum Gasteiger partial charge on any atom is -0.383 e. The summed E-state index contributed by atoms with van der Waals surface area (Å²) in [6.07, 6.45) is 0. The normalized spacial score (nSPS) is 10.1.